The highest BCUT2D eigenvalue weighted by Gasteiger charge is 2.22. The number of nitrogens with one attached hydrogen (secondary N) is 3. The normalized spacial score (nSPS) is 18.2. The maximum absolute atomic E-state index is 5.43. The van der Waals surface area contributed by atoms with E-state index in [1.54, 1.807) is 7.11 Å². The van der Waals surface area contributed by atoms with E-state index in [-0.39, 0.29) is 0 Å². The highest BCUT2D eigenvalue weighted by molar-refractivity contribution is 5.90. The van der Waals surface area contributed by atoms with E-state index in [2.05, 4.69) is 51.7 Å². The molecule has 3 N–H and O–H groups in total. The van der Waals surface area contributed by atoms with Gasteiger partial charge in [-0.1, -0.05) is 12.1 Å². The van der Waals surface area contributed by atoms with E-state index < -0.39 is 0 Å². The van der Waals surface area contributed by atoms with Gasteiger partial charge in [0.2, 0.25) is 5.95 Å². The molecule has 0 spiro atoms. The summed E-state index contributed by atoms with van der Waals surface area (Å²) in [5, 5.41) is 9.77. The third-order valence-electron chi connectivity index (χ3n) is 7.20. The monoisotopic (exact) mass is 472 g/mol. The Labute approximate surface area is 207 Å². The summed E-state index contributed by atoms with van der Waals surface area (Å²) >= 11 is 0. The molecule has 5 rings (SSSR count). The van der Waals surface area contributed by atoms with Gasteiger partial charge in [-0.25, -0.2) is 4.98 Å². The molecular weight excluding hydrogens is 436 g/mol. The van der Waals surface area contributed by atoms with Crippen LogP contribution in [0.3, 0.4) is 0 Å². The van der Waals surface area contributed by atoms with Gasteiger partial charge in [0.05, 0.1) is 12.6 Å². The molecular formula is C28H36N6O. The molecule has 1 aliphatic rings. The van der Waals surface area contributed by atoms with E-state index in [0.29, 0.717) is 12.1 Å². The Kier molecular flexibility index (Phi) is 6.77. The molecule has 2 heterocycles. The molecule has 0 aliphatic heterocycles. The first-order chi connectivity index (χ1) is 17.0. The van der Waals surface area contributed by atoms with E-state index in [9.17, 15) is 0 Å². The van der Waals surface area contributed by atoms with E-state index >= 15 is 0 Å². The van der Waals surface area contributed by atoms with Gasteiger partial charge in [-0.15, -0.1) is 0 Å². The summed E-state index contributed by atoms with van der Waals surface area (Å²) in [6.45, 7) is 3.14. The van der Waals surface area contributed by atoms with Crippen molar-refractivity contribution in [2.75, 3.05) is 38.0 Å². The van der Waals surface area contributed by atoms with E-state index in [4.69, 9.17) is 14.7 Å². The zero-order valence-electron chi connectivity index (χ0n) is 21.2. The van der Waals surface area contributed by atoms with Crippen LogP contribution in [0.25, 0.3) is 21.8 Å². The van der Waals surface area contributed by atoms with Gasteiger partial charge in [0.25, 0.3) is 0 Å². The lowest BCUT2D eigenvalue weighted by molar-refractivity contribution is 0.355. The summed E-state index contributed by atoms with van der Waals surface area (Å²) in [6.07, 6.45) is 5.57. The lowest BCUT2D eigenvalue weighted by Gasteiger charge is -2.30. The van der Waals surface area contributed by atoms with Crippen molar-refractivity contribution in [3.8, 4) is 5.75 Å². The van der Waals surface area contributed by atoms with E-state index in [0.717, 1.165) is 67.1 Å². The summed E-state index contributed by atoms with van der Waals surface area (Å²) < 4.78 is 5.43. The molecule has 0 atom stereocenters. The van der Waals surface area contributed by atoms with Crippen LogP contribution in [-0.2, 0) is 6.42 Å². The predicted octanol–water partition coefficient (Wildman–Crippen LogP) is 5.05. The van der Waals surface area contributed by atoms with Gasteiger partial charge in [0.1, 0.15) is 11.6 Å². The number of aromatic amines is 1. The number of methoxy groups -OCH3 is 1. The summed E-state index contributed by atoms with van der Waals surface area (Å²) in [6, 6.07) is 15.4. The highest BCUT2D eigenvalue weighted by Crippen LogP contribution is 2.28. The number of hydrogen-bond acceptors (Lipinski definition) is 6. The van der Waals surface area contributed by atoms with Crippen molar-refractivity contribution in [1.29, 1.82) is 0 Å². The molecule has 184 valence electrons. The molecule has 1 aliphatic carbocycles. The quantitative estimate of drug-likeness (QED) is 0.333. The molecule has 7 heteroatoms. The summed E-state index contributed by atoms with van der Waals surface area (Å²) in [7, 11) is 5.79. The number of anilines is 2. The summed E-state index contributed by atoms with van der Waals surface area (Å²) in [5.41, 5.74) is 4.79. The number of aryl methyl sites for hydroxylation is 1. The number of rotatable bonds is 8. The van der Waals surface area contributed by atoms with Crippen LogP contribution in [0.5, 0.6) is 5.75 Å². The maximum atomic E-state index is 5.43. The SMILES string of the molecule is COc1ccc2[nH]c(C)c(CCNC3CCC(Nc4nc(N(C)C)c5ccccc5n4)CC3)c2c1. The number of fused-ring (bicyclic) bond motifs is 2. The molecule has 0 bridgehead atoms. The van der Waals surface area contributed by atoms with Gasteiger partial charge < -0.3 is 25.3 Å². The van der Waals surface area contributed by atoms with E-state index in [1.807, 2.05) is 32.3 Å². The second-order valence-corrected chi connectivity index (χ2v) is 9.82. The second-order valence-electron chi connectivity index (χ2n) is 9.82. The van der Waals surface area contributed by atoms with Crippen molar-refractivity contribution in [2.45, 2.75) is 51.1 Å². The lowest BCUT2D eigenvalue weighted by atomic mass is 9.91. The number of H-pyrrole nitrogens is 1. The van der Waals surface area contributed by atoms with Gasteiger partial charge in [-0.2, -0.15) is 4.98 Å². The number of hydrogen-bond donors (Lipinski definition) is 3. The average molecular weight is 473 g/mol. The van der Waals surface area contributed by atoms with Crippen molar-refractivity contribution in [3.05, 3.63) is 53.7 Å². The van der Waals surface area contributed by atoms with E-state index in [1.165, 1.54) is 22.2 Å². The van der Waals surface area contributed by atoms with Gasteiger partial charge in [0.15, 0.2) is 0 Å². The lowest BCUT2D eigenvalue weighted by Crippen LogP contribution is -2.38. The predicted molar refractivity (Wildman–Crippen MR) is 145 cm³/mol. The number of benzene rings is 2. The zero-order valence-corrected chi connectivity index (χ0v) is 21.2. The van der Waals surface area contributed by atoms with Crippen LogP contribution < -0.4 is 20.3 Å². The summed E-state index contributed by atoms with van der Waals surface area (Å²) in [5.74, 6) is 2.59. The number of para-hydroxylation sites is 1. The highest BCUT2D eigenvalue weighted by atomic mass is 16.5. The fourth-order valence-corrected chi connectivity index (χ4v) is 5.30. The minimum atomic E-state index is 0.410. The molecule has 35 heavy (non-hydrogen) atoms. The first-order valence-corrected chi connectivity index (χ1v) is 12.6. The molecule has 0 unspecified atom stereocenters. The first-order valence-electron chi connectivity index (χ1n) is 12.6. The average Bonchev–Trinajstić information content (AvgIpc) is 3.18. The minimum Gasteiger partial charge on any atom is -0.497 e. The Bertz CT molecular complexity index is 1310. The van der Waals surface area contributed by atoms with Gasteiger partial charge in [-0.05, 0) is 81.5 Å². The topological polar surface area (TPSA) is 78.1 Å². The fourth-order valence-electron chi connectivity index (χ4n) is 5.30. The largest absolute Gasteiger partial charge is 0.497 e. The van der Waals surface area contributed by atoms with Crippen LogP contribution in [0.15, 0.2) is 42.5 Å². The van der Waals surface area contributed by atoms with Gasteiger partial charge in [-0.3, -0.25) is 0 Å². The molecule has 2 aromatic heterocycles. The number of nitrogens with zero attached hydrogens (tertiary/aromatic N) is 3. The zero-order chi connectivity index (χ0) is 24.4. The van der Waals surface area contributed by atoms with Crippen molar-refractivity contribution in [1.82, 2.24) is 20.3 Å². The number of ether oxygens (including phenoxy) is 1. The van der Waals surface area contributed by atoms with Crippen molar-refractivity contribution in [3.63, 3.8) is 0 Å². The standard InChI is InChI=1S/C28H36N6O/c1-18-22(24-17-21(35-4)13-14-26(24)30-18)15-16-29-19-9-11-20(12-10-19)31-28-32-25-8-6-5-7-23(25)27(33-28)34(2)3/h5-8,13-14,17,19-20,29-30H,9-12,15-16H2,1-4H3,(H,31,32,33). The van der Waals surface area contributed by atoms with Crippen molar-refractivity contribution >= 4 is 33.6 Å². The Morgan fingerprint density at radius 1 is 1.00 bits per heavy atom. The van der Waals surface area contributed by atoms with Gasteiger partial charge >= 0.3 is 0 Å². The number of aromatic nitrogens is 3. The van der Waals surface area contributed by atoms with Crippen molar-refractivity contribution < 1.29 is 4.74 Å². The molecule has 0 radical (unpaired) electrons. The third kappa shape index (κ3) is 5.05. The van der Waals surface area contributed by atoms with Crippen LogP contribution in [0.4, 0.5) is 11.8 Å². The molecule has 1 saturated carbocycles. The van der Waals surface area contributed by atoms with Gasteiger partial charge in [0, 0.05) is 48.2 Å². The Morgan fingerprint density at radius 2 is 1.77 bits per heavy atom. The van der Waals surface area contributed by atoms with Crippen LogP contribution in [0.1, 0.15) is 36.9 Å². The molecule has 2 aromatic carbocycles. The fraction of sp³-hybridized carbons (Fsp3) is 0.429. The van der Waals surface area contributed by atoms with Crippen LogP contribution in [0, 0.1) is 6.92 Å². The first kappa shape index (κ1) is 23.4. The smallest absolute Gasteiger partial charge is 0.225 e. The van der Waals surface area contributed by atoms with Crippen LogP contribution >= 0.6 is 0 Å². The minimum absolute atomic E-state index is 0.410. The molecule has 4 aromatic rings. The third-order valence-corrected chi connectivity index (χ3v) is 7.20. The Morgan fingerprint density at radius 3 is 2.54 bits per heavy atom. The second kappa shape index (κ2) is 10.1. The Balaban J connectivity index is 1.15. The molecule has 0 amide bonds. The maximum Gasteiger partial charge on any atom is 0.225 e. The summed E-state index contributed by atoms with van der Waals surface area (Å²) in [4.78, 5) is 15.2. The molecule has 7 nitrogen and oxygen atoms in total. The van der Waals surface area contributed by atoms with Crippen LogP contribution in [0.2, 0.25) is 0 Å². The van der Waals surface area contributed by atoms with Crippen molar-refractivity contribution in [2.24, 2.45) is 0 Å². The molecule has 0 saturated heterocycles. The molecule has 1 fully saturated rings. The van der Waals surface area contributed by atoms with Crippen LogP contribution in [-0.4, -0.2) is 54.8 Å². The Hall–Kier alpha value is -3.32.